The molecule has 1 N–H and O–H groups in total. The van der Waals surface area contributed by atoms with Crippen LogP contribution in [0.1, 0.15) is 18.5 Å². The van der Waals surface area contributed by atoms with Gasteiger partial charge in [-0.2, -0.15) is 5.26 Å². The van der Waals surface area contributed by atoms with E-state index in [1.54, 1.807) is 12.1 Å². The number of nitriles is 1. The summed E-state index contributed by atoms with van der Waals surface area (Å²) in [6.45, 7) is 0. The number of hydrogen-bond acceptors (Lipinski definition) is 5. The number of nitrogens with zero attached hydrogens (tertiary/aromatic N) is 3. The van der Waals surface area contributed by atoms with E-state index in [4.69, 9.17) is 5.26 Å². The number of rotatable bonds is 2. The Kier molecular flexibility index (Phi) is 3.24. The van der Waals surface area contributed by atoms with E-state index in [2.05, 4.69) is 10.3 Å². The van der Waals surface area contributed by atoms with Crippen molar-refractivity contribution in [2.24, 2.45) is 0 Å². The largest absolute Gasteiger partial charge is 0.371 e. The van der Waals surface area contributed by atoms with Gasteiger partial charge < -0.3 is 5.32 Å². The maximum absolute atomic E-state index is 11.9. The van der Waals surface area contributed by atoms with Crippen molar-refractivity contribution in [3.63, 3.8) is 0 Å². The molecule has 0 aromatic carbocycles. The Morgan fingerprint density at radius 2 is 2.33 bits per heavy atom. The maximum Gasteiger partial charge on any atom is 0.251 e. The van der Waals surface area contributed by atoms with Gasteiger partial charge in [0.05, 0.1) is 5.69 Å². The van der Waals surface area contributed by atoms with Gasteiger partial charge >= 0.3 is 0 Å². The average Bonchev–Trinajstić information content (AvgIpc) is 2.40. The molecule has 0 bridgehead atoms. The first-order valence-electron chi connectivity index (χ1n) is 5.55. The monoisotopic (exact) mass is 244 g/mol. The maximum atomic E-state index is 11.9. The van der Waals surface area contributed by atoms with E-state index < -0.39 is 6.04 Å². The van der Waals surface area contributed by atoms with Gasteiger partial charge in [-0.25, -0.2) is 4.98 Å². The lowest BCUT2D eigenvalue weighted by molar-refractivity contribution is -0.146. The molecule has 6 nitrogen and oxygen atoms in total. The number of carbonyl (C=O) groups excluding carboxylic acids is 2. The fraction of sp³-hybridized carbons (Fsp3) is 0.333. The fourth-order valence-electron chi connectivity index (χ4n) is 1.85. The number of amides is 2. The molecule has 2 rings (SSSR count). The molecule has 1 aliphatic rings. The van der Waals surface area contributed by atoms with Crippen molar-refractivity contribution in [2.45, 2.75) is 18.9 Å². The van der Waals surface area contributed by atoms with Gasteiger partial charge in [0.1, 0.15) is 12.1 Å². The molecule has 92 valence electrons. The quantitative estimate of drug-likeness (QED) is 0.766. The normalized spacial score (nSPS) is 19.6. The Bertz CT molecular complexity index is 535. The lowest BCUT2D eigenvalue weighted by Gasteiger charge is -2.28. The van der Waals surface area contributed by atoms with Crippen LogP contribution < -0.4 is 5.32 Å². The van der Waals surface area contributed by atoms with Crippen LogP contribution in [0.2, 0.25) is 0 Å². The van der Waals surface area contributed by atoms with Gasteiger partial charge in [0.25, 0.3) is 5.91 Å². The first kappa shape index (κ1) is 12.0. The highest BCUT2D eigenvalue weighted by Gasteiger charge is 2.31. The van der Waals surface area contributed by atoms with Gasteiger partial charge in [0.15, 0.2) is 5.69 Å². The molecule has 0 spiro atoms. The number of pyridine rings is 1. The van der Waals surface area contributed by atoms with Gasteiger partial charge in [-0.1, -0.05) is 0 Å². The molecule has 1 aromatic rings. The second-order valence-corrected chi connectivity index (χ2v) is 4.04. The van der Waals surface area contributed by atoms with Crippen LogP contribution in [-0.2, 0) is 9.59 Å². The number of piperidine rings is 1. The van der Waals surface area contributed by atoms with E-state index >= 15 is 0 Å². The fourth-order valence-corrected chi connectivity index (χ4v) is 1.85. The predicted molar refractivity (Wildman–Crippen MR) is 63.4 cm³/mol. The van der Waals surface area contributed by atoms with E-state index in [9.17, 15) is 9.59 Å². The summed E-state index contributed by atoms with van der Waals surface area (Å²) in [7, 11) is 1.47. The summed E-state index contributed by atoms with van der Waals surface area (Å²) in [6, 6.07) is 4.85. The summed E-state index contributed by atoms with van der Waals surface area (Å²) in [6.07, 6.45) is 2.27. The predicted octanol–water partition coefficient (Wildman–Crippen LogP) is 0.513. The molecule has 0 aliphatic carbocycles. The summed E-state index contributed by atoms with van der Waals surface area (Å²) in [5, 5.41) is 11.9. The minimum absolute atomic E-state index is 0.176. The van der Waals surface area contributed by atoms with Crippen LogP contribution in [0.25, 0.3) is 0 Å². The van der Waals surface area contributed by atoms with E-state index in [0.29, 0.717) is 18.5 Å². The molecule has 1 saturated heterocycles. The molecule has 0 saturated carbocycles. The van der Waals surface area contributed by atoms with Crippen molar-refractivity contribution in [2.75, 3.05) is 12.4 Å². The van der Waals surface area contributed by atoms with Gasteiger partial charge in [-0.05, 0) is 18.6 Å². The first-order valence-corrected chi connectivity index (χ1v) is 5.55. The van der Waals surface area contributed by atoms with Gasteiger partial charge in [-0.3, -0.25) is 14.5 Å². The Morgan fingerprint density at radius 3 is 3.06 bits per heavy atom. The van der Waals surface area contributed by atoms with Gasteiger partial charge in [0.2, 0.25) is 5.91 Å². The van der Waals surface area contributed by atoms with Crippen LogP contribution in [-0.4, -0.2) is 34.8 Å². The highest BCUT2D eigenvalue weighted by molar-refractivity contribution is 6.01. The highest BCUT2D eigenvalue weighted by Crippen LogP contribution is 2.18. The molecule has 2 heterocycles. The molecule has 1 aromatic heterocycles. The third-order valence-electron chi connectivity index (χ3n) is 2.89. The summed E-state index contributed by atoms with van der Waals surface area (Å²) in [4.78, 5) is 28.2. The number of imide groups is 1. The molecule has 1 unspecified atom stereocenters. The molecule has 2 amide bonds. The van der Waals surface area contributed by atoms with Crippen molar-refractivity contribution in [1.82, 2.24) is 9.88 Å². The van der Waals surface area contributed by atoms with E-state index in [-0.39, 0.29) is 17.5 Å². The van der Waals surface area contributed by atoms with Crippen molar-refractivity contribution >= 4 is 17.5 Å². The Hall–Kier alpha value is -2.42. The zero-order valence-corrected chi connectivity index (χ0v) is 9.88. The van der Waals surface area contributed by atoms with Gasteiger partial charge in [-0.15, -0.1) is 0 Å². The number of likely N-dealkylation sites (N-methyl/N-ethyl adjacent to an activating group) is 1. The van der Waals surface area contributed by atoms with Crippen LogP contribution in [0.5, 0.6) is 0 Å². The molecular weight excluding hydrogens is 232 g/mol. The number of hydrogen-bond donors (Lipinski definition) is 1. The Labute approximate surface area is 104 Å². The zero-order valence-electron chi connectivity index (χ0n) is 9.88. The van der Waals surface area contributed by atoms with Gasteiger partial charge in [0, 0.05) is 19.7 Å². The van der Waals surface area contributed by atoms with Crippen LogP contribution in [0.15, 0.2) is 18.3 Å². The van der Waals surface area contributed by atoms with Crippen molar-refractivity contribution in [3.05, 3.63) is 24.0 Å². The number of nitrogens with one attached hydrogen (secondary N) is 1. The number of carbonyl (C=O) groups is 2. The molecule has 1 aliphatic heterocycles. The zero-order chi connectivity index (χ0) is 13.1. The third-order valence-corrected chi connectivity index (χ3v) is 2.89. The van der Waals surface area contributed by atoms with Crippen LogP contribution >= 0.6 is 0 Å². The second-order valence-electron chi connectivity index (χ2n) is 4.04. The summed E-state index contributed by atoms with van der Waals surface area (Å²) >= 11 is 0. The van der Waals surface area contributed by atoms with Crippen molar-refractivity contribution < 1.29 is 9.59 Å². The average molecular weight is 244 g/mol. The molecule has 0 radical (unpaired) electrons. The standard InChI is InChI=1S/C12H12N4O2/c1-16-11(17)5-4-9(12(16)18)15-8-3-2-6-14-10(8)7-13/h2-3,6,9,15H,4-5H2,1H3. The minimum Gasteiger partial charge on any atom is -0.371 e. The summed E-state index contributed by atoms with van der Waals surface area (Å²) in [5.41, 5.74) is 0.756. The number of likely N-dealkylation sites (tertiary alicyclic amines) is 1. The number of aromatic nitrogens is 1. The van der Waals surface area contributed by atoms with Crippen molar-refractivity contribution in [1.29, 1.82) is 5.26 Å². The first-order chi connectivity index (χ1) is 8.63. The van der Waals surface area contributed by atoms with E-state index in [1.807, 2.05) is 6.07 Å². The lowest BCUT2D eigenvalue weighted by atomic mass is 10.0. The highest BCUT2D eigenvalue weighted by atomic mass is 16.2. The lowest BCUT2D eigenvalue weighted by Crippen LogP contribution is -2.48. The molecule has 1 fully saturated rings. The molecule has 18 heavy (non-hydrogen) atoms. The third kappa shape index (κ3) is 2.15. The van der Waals surface area contributed by atoms with E-state index in [1.165, 1.54) is 13.2 Å². The summed E-state index contributed by atoms with van der Waals surface area (Å²) in [5.74, 6) is -0.455. The van der Waals surface area contributed by atoms with Crippen LogP contribution in [0, 0.1) is 11.3 Å². The summed E-state index contributed by atoms with van der Waals surface area (Å²) < 4.78 is 0. The molecule has 6 heteroatoms. The smallest absolute Gasteiger partial charge is 0.251 e. The number of anilines is 1. The Morgan fingerprint density at radius 1 is 1.56 bits per heavy atom. The van der Waals surface area contributed by atoms with E-state index in [0.717, 1.165) is 4.90 Å². The molecule has 1 atom stereocenters. The van der Waals surface area contributed by atoms with Crippen LogP contribution in [0.4, 0.5) is 5.69 Å². The SMILES string of the molecule is CN1C(=O)CCC(Nc2cccnc2C#N)C1=O. The van der Waals surface area contributed by atoms with Crippen LogP contribution in [0.3, 0.4) is 0 Å². The Balaban J connectivity index is 2.17. The minimum atomic E-state index is -0.482. The van der Waals surface area contributed by atoms with Crippen molar-refractivity contribution in [3.8, 4) is 6.07 Å². The molecular formula is C12H12N4O2. The topological polar surface area (TPSA) is 86.1 Å². The second kappa shape index (κ2) is 4.84.